The van der Waals surface area contributed by atoms with Crippen molar-refractivity contribution in [3.05, 3.63) is 353 Å². The van der Waals surface area contributed by atoms with E-state index in [4.69, 9.17) is 86.4 Å². The smallest absolute Gasteiger partial charge is 0.149 e. The van der Waals surface area contributed by atoms with Crippen LogP contribution in [-0.2, 0) is 6.54 Å². The Morgan fingerprint density at radius 3 is 0.947 bits per heavy atom. The molecule has 23 heteroatoms. The van der Waals surface area contributed by atoms with E-state index in [1.54, 1.807) is 0 Å². The second-order valence-electron chi connectivity index (χ2n) is 37.0. The molecule has 676 valence electrons. The van der Waals surface area contributed by atoms with E-state index in [0.717, 1.165) is 213 Å². The van der Waals surface area contributed by atoms with Gasteiger partial charge < -0.3 is 52.9 Å². The zero-order valence-electron chi connectivity index (χ0n) is 75.2. The van der Waals surface area contributed by atoms with Crippen molar-refractivity contribution in [2.45, 2.75) is 125 Å². The molecule has 0 unspecified atom stereocenters. The Labute approximate surface area is 799 Å². The summed E-state index contributed by atoms with van der Waals surface area (Å²) in [5, 5.41) is 3.61. The van der Waals surface area contributed by atoms with Crippen LogP contribution < -0.4 is 28.4 Å². The lowest BCUT2D eigenvalue weighted by molar-refractivity contribution is 0.321. The Kier molecular flexibility index (Phi) is 26.8. The third kappa shape index (κ3) is 18.8. The van der Waals surface area contributed by atoms with Crippen molar-refractivity contribution in [1.82, 2.24) is 59.3 Å². The van der Waals surface area contributed by atoms with Crippen molar-refractivity contribution in [2.75, 3.05) is 112 Å². The topological polar surface area (TPSA) is 152 Å². The van der Waals surface area contributed by atoms with Crippen LogP contribution in [0.4, 0.5) is 0 Å². The van der Waals surface area contributed by atoms with Gasteiger partial charge in [-0.25, -0.2) is 0 Å². The minimum absolute atomic E-state index is 0.331. The SMILES string of the molecule is CCCCN1C[C@@H]2c3ncccc3Oc3cc(Cl)ccc3[C@@H]2C1.CCCN1C[C@@H]2c3ncccc3Oc3cc(Cl)ccc3[C@@H]2C1.CCN1C[C@@H]2c3ncccc3Oc3cc(Cl)ccc3[C@@H]2C1.CN1C[C@@H]2c3ncccc3Oc3ccc(Cl)cc3[C@@H]2C1.Cc1ccc2c(c1)Oc1cccnc1[C@H]1CN(C)C[C@H]21.Clc1ccc2c(c1)Oc1cccnc1[C@H]1CN(Cc3ccccc3)C[C@@H]21. The Balaban J connectivity index is 0.0000000989. The minimum Gasteiger partial charge on any atom is -0.455 e. The summed E-state index contributed by atoms with van der Waals surface area (Å²) in [5.41, 5.74) is 16.6. The van der Waals surface area contributed by atoms with E-state index in [1.807, 2.05) is 177 Å². The molecule has 0 aliphatic carbocycles. The van der Waals surface area contributed by atoms with Gasteiger partial charge in [0.1, 0.15) is 69.0 Å². The summed E-state index contributed by atoms with van der Waals surface area (Å²) in [6.07, 6.45) is 14.8. The van der Waals surface area contributed by atoms with Gasteiger partial charge in [0.25, 0.3) is 0 Å². The van der Waals surface area contributed by atoms with Crippen LogP contribution >= 0.6 is 58.0 Å². The molecule has 0 bridgehead atoms. The van der Waals surface area contributed by atoms with Crippen LogP contribution in [0.25, 0.3) is 0 Å². The van der Waals surface area contributed by atoms with Gasteiger partial charge >= 0.3 is 0 Å². The van der Waals surface area contributed by atoms with Gasteiger partial charge in [0.05, 0.1) is 34.2 Å². The maximum Gasteiger partial charge on any atom is 0.149 e. The van der Waals surface area contributed by atoms with E-state index in [2.05, 4.69) is 174 Å². The van der Waals surface area contributed by atoms with Crippen molar-refractivity contribution in [3.63, 3.8) is 0 Å². The summed E-state index contributed by atoms with van der Waals surface area (Å²) in [7, 11) is 4.34. The molecule has 6 saturated heterocycles. The highest BCUT2D eigenvalue weighted by molar-refractivity contribution is 6.32. The van der Waals surface area contributed by atoms with Gasteiger partial charge in [0, 0.05) is 224 Å². The van der Waals surface area contributed by atoms with Gasteiger partial charge in [-0.1, -0.05) is 152 Å². The fourth-order valence-electron chi connectivity index (χ4n) is 22.3. The molecule has 12 aliphatic rings. The fourth-order valence-corrected chi connectivity index (χ4v) is 23.1. The van der Waals surface area contributed by atoms with E-state index in [9.17, 15) is 0 Å². The number of hydrogen-bond acceptors (Lipinski definition) is 18. The fraction of sp³-hybridized carbons (Fsp3) is 0.339. The van der Waals surface area contributed by atoms with Crippen molar-refractivity contribution < 1.29 is 28.4 Å². The van der Waals surface area contributed by atoms with E-state index in [-0.39, 0.29) is 0 Å². The molecule has 12 aliphatic heterocycles. The molecule has 13 aromatic rings. The molecule has 6 fully saturated rings. The number of fused-ring (bicyclic) bond motifs is 30. The quantitative estimate of drug-likeness (QED) is 0.142. The molecule has 0 amide bonds. The van der Waals surface area contributed by atoms with Gasteiger partial charge in [-0.3, -0.25) is 34.8 Å². The van der Waals surface area contributed by atoms with Crippen LogP contribution in [-0.4, -0.2) is 172 Å². The number of likely N-dealkylation sites (N-methyl/N-ethyl adjacent to an activating group) is 3. The molecule has 0 N–H and O–H groups in total. The van der Waals surface area contributed by atoms with Crippen molar-refractivity contribution >= 4 is 58.0 Å². The second-order valence-corrected chi connectivity index (χ2v) is 39.2. The normalized spacial score (nSPS) is 23.1. The second kappa shape index (κ2) is 39.6. The molecule has 7 aromatic carbocycles. The molecule has 132 heavy (non-hydrogen) atoms. The number of aryl methyl sites for hydroxylation is 1. The molecule has 18 nitrogen and oxygen atoms in total. The predicted octanol–water partition coefficient (Wildman–Crippen LogP) is 25.5. The number of aromatic nitrogens is 6. The van der Waals surface area contributed by atoms with Crippen molar-refractivity contribution in [1.29, 1.82) is 0 Å². The number of rotatable bonds is 8. The van der Waals surface area contributed by atoms with Crippen LogP contribution in [0.2, 0.25) is 25.1 Å². The number of likely N-dealkylation sites (tertiary alicyclic amines) is 6. The van der Waals surface area contributed by atoms with Gasteiger partial charge in [0.15, 0.2) is 0 Å². The Morgan fingerprint density at radius 1 is 0.265 bits per heavy atom. The average molecular weight is 1860 g/mol. The summed E-state index contributed by atoms with van der Waals surface area (Å²) in [5.74, 6) is 15.5. The number of halogens is 5. The first kappa shape index (κ1) is 89.3. The summed E-state index contributed by atoms with van der Waals surface area (Å²) < 4.78 is 36.9. The Morgan fingerprint density at radius 2 is 0.561 bits per heavy atom. The Hall–Kier alpha value is -10.6. The molecule has 12 atom stereocenters. The summed E-state index contributed by atoms with van der Waals surface area (Å²) in [6.45, 7) is 25.6. The molecule has 18 heterocycles. The highest BCUT2D eigenvalue weighted by Crippen LogP contribution is 2.57. The minimum atomic E-state index is 0.331. The molecule has 0 saturated carbocycles. The zero-order chi connectivity index (χ0) is 90.2. The molecule has 6 aromatic heterocycles. The van der Waals surface area contributed by atoms with Gasteiger partial charge in [-0.2, -0.15) is 0 Å². The molecule has 0 radical (unpaired) electrons. The summed E-state index contributed by atoms with van der Waals surface area (Å²) in [6, 6.07) is 70.8. The van der Waals surface area contributed by atoms with Gasteiger partial charge in [-0.05, 0) is 238 Å². The summed E-state index contributed by atoms with van der Waals surface area (Å²) >= 11 is 30.9. The number of unbranched alkanes of at least 4 members (excludes halogenated alkanes) is 1. The molecular formula is C109H109Cl5N12O6. The number of hydrogen-bond donors (Lipinski definition) is 0. The predicted molar refractivity (Wildman–Crippen MR) is 524 cm³/mol. The summed E-state index contributed by atoms with van der Waals surface area (Å²) in [4.78, 5) is 42.6. The number of pyridine rings is 6. The first-order valence-corrected chi connectivity index (χ1v) is 48.5. The lowest BCUT2D eigenvalue weighted by Gasteiger charge is -2.17. The zero-order valence-corrected chi connectivity index (χ0v) is 79.0. The lowest BCUT2D eigenvalue weighted by atomic mass is 9.86. The van der Waals surface area contributed by atoms with E-state index in [1.165, 1.54) is 63.8 Å². The largest absolute Gasteiger partial charge is 0.455 e. The standard InChI is InChI=1S/C22H19ClN2O.C19H21ClN2O.C18H19ClN2O.C17H17ClN2O.C17H18N2O.C16H15ClN2O/c23-16-8-9-17-18-13-25(12-15-5-2-1-3-6-15)14-19(18)22-20(7-4-10-24-22)26-21(17)11-16;1-2-3-9-22-11-15-14-7-6-13(20)10-18(14)23-17-5-4-8-21-19(17)16(15)12-22;1-2-8-21-10-14-13-6-5-12(19)9-17(13)22-16-4-3-7-20-18(16)15(14)11-21;1-2-20-9-13-12-6-5-11(18)8-16(12)21-15-4-3-7-19-17(15)14(13)10-20;1-11-5-6-12-13-9-19(2)10-14(13)17-15(4-3-7-18-17)20-16(12)8-11;1-19-8-12-11-7-10(17)4-5-14(11)20-15-3-2-6-18-16(15)13(12)9-19/h1-11,18-19H,12-14H2;4-8,10,15-16H,2-3,9,11-12H2,1H3;3-7,9,14-15H,2,8,10-11H2,1H3;3-8,13-14H,2,9-10H2,1H3;3-8,13-14H,9-10H2,1-2H3;2-7,12-13H,8-9H2,1H3/t18-,19-;15-,16-;14-,15-;13-,14-;13-,14+;12-,13-/m000010/s1. The van der Waals surface area contributed by atoms with Gasteiger partial charge in [-0.15, -0.1) is 0 Å². The first-order valence-electron chi connectivity index (χ1n) is 46.6. The van der Waals surface area contributed by atoms with Crippen LogP contribution in [0, 0.1) is 6.92 Å². The Bertz CT molecular complexity index is 6340. The average Bonchev–Trinajstić information content (AvgIpc) is 1.65. The molecular weight excluding hydrogens is 1750 g/mol. The van der Waals surface area contributed by atoms with E-state index in [0.29, 0.717) is 91.1 Å². The number of benzene rings is 7. The highest BCUT2D eigenvalue weighted by Gasteiger charge is 2.47. The number of ether oxygens (including phenoxy) is 6. The van der Waals surface area contributed by atoms with Crippen LogP contribution in [0.1, 0.15) is 190 Å². The van der Waals surface area contributed by atoms with Crippen LogP contribution in [0.5, 0.6) is 69.0 Å². The van der Waals surface area contributed by atoms with Crippen molar-refractivity contribution in [3.8, 4) is 69.0 Å². The monoisotopic (exact) mass is 1860 g/mol. The van der Waals surface area contributed by atoms with E-state index < -0.39 is 0 Å². The third-order valence-electron chi connectivity index (χ3n) is 28.3. The maximum absolute atomic E-state index is 6.23. The van der Waals surface area contributed by atoms with Crippen LogP contribution in [0.3, 0.4) is 0 Å². The highest BCUT2D eigenvalue weighted by atomic mass is 35.5. The third-order valence-corrected chi connectivity index (χ3v) is 29.5. The lowest BCUT2D eigenvalue weighted by Crippen LogP contribution is -2.22. The van der Waals surface area contributed by atoms with Gasteiger partial charge in [0.2, 0.25) is 0 Å². The molecule has 0 spiro atoms. The molecule has 25 rings (SSSR count). The maximum atomic E-state index is 6.23. The van der Waals surface area contributed by atoms with Crippen LogP contribution in [0.15, 0.2) is 250 Å². The van der Waals surface area contributed by atoms with E-state index >= 15 is 0 Å². The number of nitrogens with zero attached hydrogens (tertiary/aromatic N) is 12. The van der Waals surface area contributed by atoms with Crippen molar-refractivity contribution in [2.24, 2.45) is 0 Å². The first-order chi connectivity index (χ1) is 64.5.